The van der Waals surface area contributed by atoms with Crippen LogP contribution in [0.3, 0.4) is 0 Å². The van der Waals surface area contributed by atoms with E-state index in [0.717, 1.165) is 34.3 Å². The van der Waals surface area contributed by atoms with Gasteiger partial charge in [-0.15, -0.1) is 0 Å². The molecule has 0 saturated carbocycles. The highest BCUT2D eigenvalue weighted by Crippen LogP contribution is 2.27. The van der Waals surface area contributed by atoms with E-state index in [-0.39, 0.29) is 18.2 Å². The highest BCUT2D eigenvalue weighted by atomic mass is 19.2. The Morgan fingerprint density at radius 3 is 2.76 bits per heavy atom. The largest absolute Gasteiger partial charge is 0.490 e. The van der Waals surface area contributed by atoms with E-state index in [4.69, 9.17) is 4.74 Å². The number of nitrogens with one attached hydrogen (secondary N) is 2. The van der Waals surface area contributed by atoms with E-state index in [1.807, 2.05) is 31.3 Å². The van der Waals surface area contributed by atoms with Crippen molar-refractivity contribution in [2.45, 2.75) is 13.5 Å². The molecule has 0 amide bonds. The smallest absolute Gasteiger partial charge is 0.316 e. The zero-order chi connectivity index (χ0) is 20.5. The molecular weight excluding hydrogens is 378 g/mol. The van der Waals surface area contributed by atoms with Crippen molar-refractivity contribution >= 4 is 22.5 Å². The Morgan fingerprint density at radius 2 is 2.00 bits per heavy atom. The van der Waals surface area contributed by atoms with Crippen LogP contribution in [-0.2, 0) is 6.54 Å². The number of ether oxygens (including phenoxy) is 1. The molecule has 0 fully saturated rings. The topological polar surface area (TPSA) is 71.9 Å². The fraction of sp³-hybridized carbons (Fsp3) is 0.143. The minimum Gasteiger partial charge on any atom is -0.490 e. The van der Waals surface area contributed by atoms with Gasteiger partial charge < -0.3 is 19.6 Å². The molecule has 29 heavy (non-hydrogen) atoms. The predicted octanol–water partition coefficient (Wildman–Crippen LogP) is 4.11. The van der Waals surface area contributed by atoms with Crippen molar-refractivity contribution in [2.75, 3.05) is 12.4 Å². The van der Waals surface area contributed by atoms with Crippen molar-refractivity contribution in [3.05, 3.63) is 81.9 Å². The van der Waals surface area contributed by atoms with Crippen LogP contribution < -0.4 is 15.6 Å². The summed E-state index contributed by atoms with van der Waals surface area (Å²) in [7, 11) is 1.37. The fourth-order valence-corrected chi connectivity index (χ4v) is 3.20. The number of halogens is 2. The lowest BCUT2D eigenvalue weighted by atomic mass is 10.1. The van der Waals surface area contributed by atoms with Gasteiger partial charge in [0, 0.05) is 17.1 Å². The highest BCUT2D eigenvalue weighted by Gasteiger charge is 2.13. The van der Waals surface area contributed by atoms with Crippen LogP contribution in [0, 0.1) is 18.6 Å². The van der Waals surface area contributed by atoms with Crippen molar-refractivity contribution in [1.82, 2.24) is 14.5 Å². The van der Waals surface area contributed by atoms with E-state index in [0.29, 0.717) is 5.56 Å². The molecule has 0 saturated heterocycles. The fourth-order valence-electron chi connectivity index (χ4n) is 3.20. The van der Waals surface area contributed by atoms with Crippen LogP contribution in [-0.4, -0.2) is 21.6 Å². The number of aryl methyl sites for hydroxylation is 1. The van der Waals surface area contributed by atoms with Crippen molar-refractivity contribution < 1.29 is 13.5 Å². The molecule has 0 radical (unpaired) electrons. The summed E-state index contributed by atoms with van der Waals surface area (Å²) < 4.78 is 33.6. The maximum Gasteiger partial charge on any atom is 0.316 e. The molecule has 0 aliphatic carbocycles. The average Bonchev–Trinajstić information content (AvgIpc) is 3.15. The third-order valence-electron chi connectivity index (χ3n) is 4.58. The highest BCUT2D eigenvalue weighted by molar-refractivity contribution is 5.93. The number of hydrogen-bond acceptors (Lipinski definition) is 4. The van der Waals surface area contributed by atoms with Crippen molar-refractivity contribution in [3.63, 3.8) is 0 Å². The molecule has 0 spiro atoms. The zero-order valence-corrected chi connectivity index (χ0v) is 15.8. The molecule has 2 aromatic carbocycles. The number of nitrogens with zero attached hydrogens (tertiary/aromatic N) is 2. The Hall–Kier alpha value is -3.68. The van der Waals surface area contributed by atoms with Gasteiger partial charge in [-0.05, 0) is 48.4 Å². The third-order valence-corrected chi connectivity index (χ3v) is 4.58. The average molecular weight is 396 g/mol. The number of H-pyrrole nitrogens is 1. The maximum absolute atomic E-state index is 13.6. The Bertz CT molecular complexity index is 1260. The van der Waals surface area contributed by atoms with Gasteiger partial charge in [-0.3, -0.25) is 4.79 Å². The standard InChI is InChI=1S/C21H18F2N4O2/c1-12-7-17-14(5-6-24-17)18(8-12)25-21-26-20(28)19(29-2)11-27(21)10-13-3-4-15(22)16(23)9-13/h3-9,11,24H,10H2,1-2H3,(H,25,26,28). The number of anilines is 2. The molecule has 4 aromatic rings. The molecule has 148 valence electrons. The van der Waals surface area contributed by atoms with Gasteiger partial charge in [-0.1, -0.05) is 6.07 Å². The summed E-state index contributed by atoms with van der Waals surface area (Å²) in [6, 6.07) is 9.52. The molecule has 0 bridgehead atoms. The van der Waals surface area contributed by atoms with Crippen LogP contribution in [0.25, 0.3) is 10.9 Å². The molecule has 0 aliphatic rings. The Labute approximate surface area is 164 Å². The summed E-state index contributed by atoms with van der Waals surface area (Å²) >= 11 is 0. The first-order valence-corrected chi connectivity index (χ1v) is 8.89. The normalized spacial score (nSPS) is 11.0. The zero-order valence-electron chi connectivity index (χ0n) is 15.8. The van der Waals surface area contributed by atoms with E-state index < -0.39 is 17.2 Å². The van der Waals surface area contributed by atoms with E-state index in [2.05, 4.69) is 15.3 Å². The molecule has 4 rings (SSSR count). The number of aromatic amines is 1. The first kappa shape index (κ1) is 18.7. The molecule has 2 N–H and O–H groups in total. The van der Waals surface area contributed by atoms with Crippen LogP contribution in [0.4, 0.5) is 20.4 Å². The lowest BCUT2D eigenvalue weighted by Crippen LogP contribution is -2.19. The van der Waals surface area contributed by atoms with E-state index in [1.165, 1.54) is 19.4 Å². The minimum absolute atomic E-state index is 0.0502. The van der Waals surface area contributed by atoms with Gasteiger partial charge in [-0.25, -0.2) is 8.78 Å². The molecule has 2 aromatic heterocycles. The molecule has 2 heterocycles. The summed E-state index contributed by atoms with van der Waals surface area (Å²) in [5.41, 5.74) is 2.70. The molecule has 8 heteroatoms. The van der Waals surface area contributed by atoms with Crippen molar-refractivity contribution in [2.24, 2.45) is 0 Å². The van der Waals surface area contributed by atoms with Crippen molar-refractivity contribution in [3.8, 4) is 5.75 Å². The lowest BCUT2D eigenvalue weighted by molar-refractivity contribution is 0.402. The second-order valence-electron chi connectivity index (χ2n) is 6.69. The van der Waals surface area contributed by atoms with Gasteiger partial charge in [0.25, 0.3) is 0 Å². The van der Waals surface area contributed by atoms with Gasteiger partial charge in [0.05, 0.1) is 25.5 Å². The van der Waals surface area contributed by atoms with Crippen LogP contribution in [0.5, 0.6) is 5.75 Å². The van der Waals surface area contributed by atoms with Gasteiger partial charge in [0.2, 0.25) is 11.7 Å². The number of methoxy groups -OCH3 is 1. The second-order valence-corrected chi connectivity index (χ2v) is 6.69. The first-order valence-electron chi connectivity index (χ1n) is 8.89. The molecule has 0 aliphatic heterocycles. The van der Waals surface area contributed by atoms with E-state index in [1.54, 1.807) is 4.57 Å². The summed E-state index contributed by atoms with van der Waals surface area (Å²) in [4.78, 5) is 19.5. The van der Waals surface area contributed by atoms with E-state index in [9.17, 15) is 13.6 Å². The number of rotatable bonds is 5. The van der Waals surface area contributed by atoms with Crippen LogP contribution in [0.15, 0.2) is 53.6 Å². The van der Waals surface area contributed by atoms with Gasteiger partial charge in [0.1, 0.15) is 0 Å². The number of aromatic nitrogens is 3. The third kappa shape index (κ3) is 3.69. The Morgan fingerprint density at radius 1 is 1.17 bits per heavy atom. The molecule has 0 unspecified atom stereocenters. The van der Waals surface area contributed by atoms with Crippen LogP contribution in [0.2, 0.25) is 0 Å². The summed E-state index contributed by atoms with van der Waals surface area (Å²) in [6.45, 7) is 2.12. The second kappa shape index (κ2) is 7.38. The van der Waals surface area contributed by atoms with Gasteiger partial charge in [-0.2, -0.15) is 4.98 Å². The van der Waals surface area contributed by atoms with Gasteiger partial charge in [0.15, 0.2) is 11.6 Å². The Balaban J connectivity index is 1.79. The summed E-state index contributed by atoms with van der Waals surface area (Å²) in [6.07, 6.45) is 3.31. The van der Waals surface area contributed by atoms with E-state index >= 15 is 0 Å². The van der Waals surface area contributed by atoms with Crippen LogP contribution in [0.1, 0.15) is 11.1 Å². The summed E-state index contributed by atoms with van der Waals surface area (Å²) in [5, 5.41) is 4.12. The number of fused-ring (bicyclic) bond motifs is 1. The molecular formula is C21H18F2N4O2. The maximum atomic E-state index is 13.6. The predicted molar refractivity (Wildman–Crippen MR) is 107 cm³/mol. The monoisotopic (exact) mass is 396 g/mol. The number of benzene rings is 2. The lowest BCUT2D eigenvalue weighted by Gasteiger charge is -2.16. The number of hydrogen-bond donors (Lipinski definition) is 2. The van der Waals surface area contributed by atoms with Crippen LogP contribution >= 0.6 is 0 Å². The quantitative estimate of drug-likeness (QED) is 0.533. The van der Waals surface area contributed by atoms with Gasteiger partial charge >= 0.3 is 5.56 Å². The SMILES string of the molecule is COc1cn(Cc2ccc(F)c(F)c2)c(Nc2cc(C)cc3[nH]ccc23)nc1=O. The molecule has 6 nitrogen and oxygen atoms in total. The summed E-state index contributed by atoms with van der Waals surface area (Å²) in [5.74, 6) is -1.55. The minimum atomic E-state index is -0.939. The first-order chi connectivity index (χ1) is 13.9. The van der Waals surface area contributed by atoms with Crippen molar-refractivity contribution in [1.29, 1.82) is 0 Å². The molecule has 0 atom stereocenters. The Kier molecular flexibility index (Phi) is 4.75.